The normalized spacial score (nSPS) is 7.71. The van der Waals surface area contributed by atoms with Crippen LogP contribution in [0.3, 0.4) is 0 Å². The molecule has 0 radical (unpaired) electrons. The monoisotopic (exact) mass is 140 g/mol. The molecule has 2 N–H and O–H groups in total. The van der Waals surface area contributed by atoms with E-state index in [-0.39, 0.29) is 10.3 Å². The lowest BCUT2D eigenvalue weighted by molar-refractivity contribution is 1.23. The van der Waals surface area contributed by atoms with Crippen molar-refractivity contribution in [2.24, 2.45) is 10.9 Å². The van der Waals surface area contributed by atoms with Crippen LogP contribution in [0.25, 0.3) is 0 Å². The Balaban J connectivity index is 3.98. The van der Waals surface area contributed by atoms with Gasteiger partial charge in [0.1, 0.15) is 0 Å². The highest BCUT2D eigenvalue weighted by Crippen LogP contribution is 2.09. The molecule has 7 heavy (non-hydrogen) atoms. The van der Waals surface area contributed by atoms with Crippen molar-refractivity contribution in [3.63, 3.8) is 0 Å². The summed E-state index contributed by atoms with van der Waals surface area (Å²) in [6.07, 6.45) is 0. The van der Waals surface area contributed by atoms with Crippen LogP contribution in [0.2, 0.25) is 0 Å². The average molecular weight is 141 g/mol. The van der Waals surface area contributed by atoms with E-state index in [1.807, 2.05) is 0 Å². The first-order chi connectivity index (χ1) is 3.18. The van der Waals surface area contributed by atoms with Gasteiger partial charge in [0.05, 0.1) is 0 Å². The third-order valence-corrected chi connectivity index (χ3v) is 0.679. The van der Waals surface area contributed by atoms with Crippen LogP contribution in [0.4, 0.5) is 0 Å². The number of nitroso groups, excluding NO2 is 1. The fraction of sp³-hybridized carbons (Fsp3) is 0. The van der Waals surface area contributed by atoms with Gasteiger partial charge in [0.25, 0.3) is 0 Å². The summed E-state index contributed by atoms with van der Waals surface area (Å²) in [5.41, 5.74) is 4.75. The van der Waals surface area contributed by atoms with Crippen molar-refractivity contribution in [2.75, 3.05) is 0 Å². The number of halogens is 2. The Bertz CT molecular complexity index is 106. The Labute approximate surface area is 50.1 Å². The van der Waals surface area contributed by atoms with Gasteiger partial charge in [-0.25, -0.2) is 0 Å². The summed E-state index contributed by atoms with van der Waals surface area (Å²) in [4.78, 5) is 9.34. The van der Waals surface area contributed by atoms with Crippen molar-refractivity contribution in [1.29, 1.82) is 0 Å². The van der Waals surface area contributed by atoms with E-state index in [1.54, 1.807) is 0 Å². The van der Waals surface area contributed by atoms with E-state index >= 15 is 0 Å². The van der Waals surface area contributed by atoms with Crippen LogP contribution in [0.15, 0.2) is 15.5 Å². The number of hydrogen-bond acceptors (Lipinski definition) is 3. The Hall–Kier alpha value is -0.280. The molecule has 40 valence electrons. The van der Waals surface area contributed by atoms with Gasteiger partial charge < -0.3 is 5.73 Å². The van der Waals surface area contributed by atoms with E-state index in [0.717, 1.165) is 0 Å². The number of nitrogens with two attached hydrogens (primary N) is 1. The summed E-state index contributed by atoms with van der Waals surface area (Å²) in [5, 5.41) is 2.23. The van der Waals surface area contributed by atoms with E-state index in [0.29, 0.717) is 0 Å². The summed E-state index contributed by atoms with van der Waals surface area (Å²) in [7, 11) is 0. The zero-order chi connectivity index (χ0) is 5.86. The predicted molar refractivity (Wildman–Crippen MR) is 28.7 cm³/mol. The van der Waals surface area contributed by atoms with Gasteiger partial charge in [-0.3, -0.25) is 0 Å². The molecule has 0 fully saturated rings. The molecule has 0 aromatic heterocycles. The van der Waals surface area contributed by atoms with Gasteiger partial charge in [-0.1, -0.05) is 23.2 Å². The Morgan fingerprint density at radius 3 is 2.00 bits per heavy atom. The topological polar surface area (TPSA) is 55.4 Å². The molecule has 3 nitrogen and oxygen atoms in total. The Kier molecular flexibility index (Phi) is 2.71. The quantitative estimate of drug-likeness (QED) is 0.559. The summed E-state index contributed by atoms with van der Waals surface area (Å²) >= 11 is 9.91. The molecule has 0 aliphatic heterocycles. The van der Waals surface area contributed by atoms with Crippen molar-refractivity contribution in [3.05, 3.63) is 15.2 Å². The van der Waals surface area contributed by atoms with Crippen molar-refractivity contribution in [2.45, 2.75) is 0 Å². The van der Waals surface area contributed by atoms with E-state index in [1.165, 1.54) is 0 Å². The minimum Gasteiger partial charge on any atom is -0.379 e. The van der Waals surface area contributed by atoms with Crippen molar-refractivity contribution in [1.82, 2.24) is 0 Å². The van der Waals surface area contributed by atoms with Crippen LogP contribution in [0.1, 0.15) is 0 Å². The van der Waals surface area contributed by atoms with Gasteiger partial charge >= 0.3 is 0 Å². The molecule has 0 unspecified atom stereocenters. The Morgan fingerprint density at radius 2 is 2.00 bits per heavy atom. The molecule has 0 aromatic carbocycles. The SMILES string of the molecule is NC(N=O)=C(Cl)Cl. The minimum absolute atomic E-state index is 0.296. The lowest BCUT2D eigenvalue weighted by Crippen LogP contribution is -1.91. The molecule has 0 rings (SSSR count). The van der Waals surface area contributed by atoms with Crippen molar-refractivity contribution in [3.8, 4) is 0 Å². The minimum atomic E-state index is -0.386. The Morgan fingerprint density at radius 1 is 1.57 bits per heavy atom. The first-order valence-electron chi connectivity index (χ1n) is 1.32. The smallest absolute Gasteiger partial charge is 0.198 e. The molecule has 0 aromatic rings. The third kappa shape index (κ3) is 2.42. The largest absolute Gasteiger partial charge is 0.379 e. The van der Waals surface area contributed by atoms with Crippen LogP contribution in [0.5, 0.6) is 0 Å². The zero-order valence-electron chi connectivity index (χ0n) is 3.19. The van der Waals surface area contributed by atoms with Crippen molar-refractivity contribution < 1.29 is 0 Å². The maximum Gasteiger partial charge on any atom is 0.198 e. The molecule has 5 heteroatoms. The van der Waals surface area contributed by atoms with E-state index in [4.69, 9.17) is 28.9 Å². The fourth-order valence-electron chi connectivity index (χ4n) is 0.0345. The van der Waals surface area contributed by atoms with Gasteiger partial charge in [-0.2, -0.15) is 0 Å². The highest BCUT2D eigenvalue weighted by atomic mass is 35.5. The standard InChI is InChI=1S/C2H2Cl2N2O/c3-1(4)2(5)6-7/h5H2. The first kappa shape index (κ1) is 6.72. The molecule has 0 saturated heterocycles. The predicted octanol–water partition coefficient (Wildman–Crippen LogP) is 1.32. The van der Waals surface area contributed by atoms with Crippen LogP contribution in [0, 0.1) is 4.91 Å². The van der Waals surface area contributed by atoms with Crippen LogP contribution in [-0.2, 0) is 0 Å². The van der Waals surface area contributed by atoms with E-state index < -0.39 is 0 Å². The maximum atomic E-state index is 9.34. The van der Waals surface area contributed by atoms with Gasteiger partial charge in [0, 0.05) is 0 Å². The van der Waals surface area contributed by atoms with Gasteiger partial charge in [0.15, 0.2) is 10.3 Å². The molecular formula is C2H2Cl2N2O. The second-order valence-electron chi connectivity index (χ2n) is 0.737. The zero-order valence-corrected chi connectivity index (χ0v) is 4.70. The second kappa shape index (κ2) is 2.82. The fourth-order valence-corrected chi connectivity index (χ4v) is 0.104. The van der Waals surface area contributed by atoms with Gasteiger partial charge in [0.2, 0.25) is 0 Å². The highest BCUT2D eigenvalue weighted by Gasteiger charge is 1.91. The van der Waals surface area contributed by atoms with Crippen LogP contribution < -0.4 is 5.73 Å². The van der Waals surface area contributed by atoms with E-state index in [9.17, 15) is 4.91 Å². The summed E-state index contributed by atoms with van der Waals surface area (Å²) in [6, 6.07) is 0. The van der Waals surface area contributed by atoms with E-state index in [2.05, 4.69) is 5.18 Å². The lowest BCUT2D eigenvalue weighted by Gasteiger charge is -1.80. The highest BCUT2D eigenvalue weighted by molar-refractivity contribution is 6.56. The molecule has 0 atom stereocenters. The average Bonchev–Trinajstić information content (AvgIpc) is 1.65. The van der Waals surface area contributed by atoms with Gasteiger partial charge in [-0.15, -0.1) is 4.91 Å². The van der Waals surface area contributed by atoms with Gasteiger partial charge in [-0.05, 0) is 5.18 Å². The molecule has 0 aliphatic carbocycles. The molecule has 0 spiro atoms. The first-order valence-corrected chi connectivity index (χ1v) is 2.08. The molecule has 0 heterocycles. The summed E-state index contributed by atoms with van der Waals surface area (Å²) in [6.45, 7) is 0. The number of nitrogens with zero attached hydrogens (tertiary/aromatic N) is 1. The summed E-state index contributed by atoms with van der Waals surface area (Å²) < 4.78 is -0.296. The number of hydrogen-bond donors (Lipinski definition) is 1. The lowest BCUT2D eigenvalue weighted by atomic mass is 10.9. The molecular weight excluding hydrogens is 139 g/mol. The molecule has 0 bridgehead atoms. The molecule has 0 saturated carbocycles. The number of rotatable bonds is 1. The maximum absolute atomic E-state index is 9.34. The second-order valence-corrected chi connectivity index (χ2v) is 1.69. The van der Waals surface area contributed by atoms with Crippen LogP contribution in [-0.4, -0.2) is 0 Å². The van der Waals surface area contributed by atoms with Crippen LogP contribution >= 0.6 is 23.2 Å². The summed E-state index contributed by atoms with van der Waals surface area (Å²) in [5.74, 6) is -0.386. The van der Waals surface area contributed by atoms with Crippen molar-refractivity contribution >= 4 is 23.2 Å². The molecule has 0 aliphatic rings. The molecule has 0 amide bonds. The third-order valence-electron chi connectivity index (χ3n) is 0.292.